The molecule has 0 saturated carbocycles. The van der Waals surface area contributed by atoms with E-state index in [2.05, 4.69) is 33.0 Å². The molecule has 1 heterocycles. The highest BCUT2D eigenvalue weighted by Crippen LogP contribution is 2.35. The van der Waals surface area contributed by atoms with Gasteiger partial charge in [-0.2, -0.15) is 0 Å². The van der Waals surface area contributed by atoms with Gasteiger partial charge in [0.2, 0.25) is 0 Å². The summed E-state index contributed by atoms with van der Waals surface area (Å²) in [5, 5.41) is 3.03. The Labute approximate surface area is 100 Å². The van der Waals surface area contributed by atoms with E-state index in [1.807, 2.05) is 24.3 Å². The predicted molar refractivity (Wildman–Crippen MR) is 68.5 cm³/mol. The fourth-order valence-corrected chi connectivity index (χ4v) is 2.57. The number of rotatable bonds is 0. The van der Waals surface area contributed by atoms with Gasteiger partial charge in [0.25, 0.3) is 0 Å². The molecule has 0 atom stereocenters. The largest absolute Gasteiger partial charge is 0.354 e. The van der Waals surface area contributed by atoms with Crippen LogP contribution in [0, 0.1) is 0 Å². The molecule has 0 bridgehead atoms. The molecule has 0 saturated heterocycles. The second kappa shape index (κ2) is 3.26. The van der Waals surface area contributed by atoms with E-state index in [0.717, 1.165) is 25.9 Å². The summed E-state index contributed by atoms with van der Waals surface area (Å²) in [5.74, 6) is 0. The van der Waals surface area contributed by atoms with Gasteiger partial charge >= 0.3 is 0 Å². The lowest BCUT2D eigenvalue weighted by atomic mass is 10.1. The van der Waals surface area contributed by atoms with Crippen molar-refractivity contribution >= 4 is 49.3 Å². The normalized spacial score (nSPS) is 11.3. The molecule has 0 aliphatic heterocycles. The van der Waals surface area contributed by atoms with Crippen molar-refractivity contribution in [3.8, 4) is 0 Å². The van der Waals surface area contributed by atoms with Crippen LogP contribution < -0.4 is 0 Å². The lowest BCUT2D eigenvalue weighted by Crippen LogP contribution is -1.71. The standard InChI is InChI=1S/C12H7BrClN/c13-8-5-6-9(14)11-7-3-1-2-4-10(7)15-12(8)11/h1-6,15H. The molecule has 1 nitrogen and oxygen atoms in total. The minimum absolute atomic E-state index is 0.783. The van der Waals surface area contributed by atoms with Crippen LogP contribution in [0.15, 0.2) is 40.9 Å². The summed E-state index contributed by atoms with van der Waals surface area (Å²) < 4.78 is 1.04. The Morgan fingerprint density at radius 1 is 1.07 bits per heavy atom. The van der Waals surface area contributed by atoms with Crippen LogP contribution >= 0.6 is 27.5 Å². The maximum atomic E-state index is 6.21. The average Bonchev–Trinajstić information content (AvgIpc) is 2.64. The molecule has 0 aliphatic carbocycles. The molecule has 3 aromatic rings. The fraction of sp³-hybridized carbons (Fsp3) is 0. The van der Waals surface area contributed by atoms with Crippen molar-refractivity contribution in [3.63, 3.8) is 0 Å². The van der Waals surface area contributed by atoms with Crippen molar-refractivity contribution in [1.82, 2.24) is 4.98 Å². The molecule has 0 aliphatic rings. The number of halogens is 2. The second-order valence-electron chi connectivity index (χ2n) is 3.45. The van der Waals surface area contributed by atoms with E-state index >= 15 is 0 Å². The van der Waals surface area contributed by atoms with Crippen LogP contribution in [0.25, 0.3) is 21.8 Å². The van der Waals surface area contributed by atoms with E-state index in [1.54, 1.807) is 0 Å². The first kappa shape index (κ1) is 9.25. The van der Waals surface area contributed by atoms with Gasteiger partial charge in [0.1, 0.15) is 0 Å². The van der Waals surface area contributed by atoms with Gasteiger partial charge in [-0.1, -0.05) is 29.8 Å². The van der Waals surface area contributed by atoms with Crippen LogP contribution in [0.3, 0.4) is 0 Å². The SMILES string of the molecule is Clc1ccc(Br)c2[nH]c3ccccc3c12. The molecule has 3 rings (SSSR count). The van der Waals surface area contributed by atoms with Crippen molar-refractivity contribution in [2.45, 2.75) is 0 Å². The molecule has 0 radical (unpaired) electrons. The first-order valence-electron chi connectivity index (χ1n) is 4.62. The molecule has 74 valence electrons. The Balaban J connectivity index is 2.66. The Morgan fingerprint density at radius 2 is 1.87 bits per heavy atom. The highest BCUT2D eigenvalue weighted by molar-refractivity contribution is 9.10. The van der Waals surface area contributed by atoms with Crippen LogP contribution in [0.4, 0.5) is 0 Å². The Bertz CT molecular complexity index is 657. The summed E-state index contributed by atoms with van der Waals surface area (Å²) >= 11 is 9.73. The molecule has 0 amide bonds. The minimum atomic E-state index is 0.783. The predicted octanol–water partition coefficient (Wildman–Crippen LogP) is 4.74. The molecular formula is C12H7BrClN. The lowest BCUT2D eigenvalue weighted by Gasteiger charge is -1.96. The molecule has 3 heteroatoms. The van der Waals surface area contributed by atoms with Gasteiger partial charge in [0.05, 0.1) is 10.5 Å². The highest BCUT2D eigenvalue weighted by atomic mass is 79.9. The van der Waals surface area contributed by atoms with Crippen molar-refractivity contribution in [2.24, 2.45) is 0 Å². The Morgan fingerprint density at radius 3 is 2.73 bits per heavy atom. The second-order valence-corrected chi connectivity index (χ2v) is 4.71. The van der Waals surface area contributed by atoms with Crippen molar-refractivity contribution in [3.05, 3.63) is 45.9 Å². The summed E-state index contributed by atoms with van der Waals surface area (Å²) in [4.78, 5) is 3.36. The molecular weight excluding hydrogens is 273 g/mol. The third-order valence-corrected chi connectivity index (χ3v) is 3.54. The molecule has 1 N–H and O–H groups in total. The van der Waals surface area contributed by atoms with E-state index in [0.29, 0.717) is 0 Å². The number of nitrogens with one attached hydrogen (secondary N) is 1. The van der Waals surface area contributed by atoms with Gasteiger partial charge in [-0.3, -0.25) is 0 Å². The van der Waals surface area contributed by atoms with E-state index in [-0.39, 0.29) is 0 Å². The number of aromatic nitrogens is 1. The van der Waals surface area contributed by atoms with E-state index in [1.165, 1.54) is 5.39 Å². The molecule has 15 heavy (non-hydrogen) atoms. The summed E-state index contributed by atoms with van der Waals surface area (Å²) in [6.07, 6.45) is 0. The van der Waals surface area contributed by atoms with Crippen molar-refractivity contribution in [2.75, 3.05) is 0 Å². The molecule has 0 spiro atoms. The molecule has 2 aromatic carbocycles. The lowest BCUT2D eigenvalue weighted by molar-refractivity contribution is 1.53. The van der Waals surface area contributed by atoms with Gasteiger partial charge < -0.3 is 4.98 Å². The first-order valence-corrected chi connectivity index (χ1v) is 5.79. The third-order valence-electron chi connectivity index (χ3n) is 2.56. The van der Waals surface area contributed by atoms with Crippen LogP contribution in [0.2, 0.25) is 5.02 Å². The van der Waals surface area contributed by atoms with Gasteiger partial charge in [0.15, 0.2) is 0 Å². The number of hydrogen-bond donors (Lipinski definition) is 1. The zero-order valence-electron chi connectivity index (χ0n) is 7.72. The number of para-hydroxylation sites is 1. The minimum Gasteiger partial charge on any atom is -0.354 e. The molecule has 1 aromatic heterocycles. The topological polar surface area (TPSA) is 15.8 Å². The first-order chi connectivity index (χ1) is 7.27. The Hall–Kier alpha value is -0.990. The van der Waals surface area contributed by atoms with Gasteiger partial charge in [-0.25, -0.2) is 0 Å². The zero-order chi connectivity index (χ0) is 10.4. The van der Waals surface area contributed by atoms with Crippen LogP contribution in [-0.4, -0.2) is 4.98 Å². The summed E-state index contributed by atoms with van der Waals surface area (Å²) in [6, 6.07) is 12.0. The van der Waals surface area contributed by atoms with Crippen LogP contribution in [0.5, 0.6) is 0 Å². The Kier molecular flexibility index (Phi) is 2.01. The summed E-state index contributed by atoms with van der Waals surface area (Å²) in [5.41, 5.74) is 2.17. The van der Waals surface area contributed by atoms with Gasteiger partial charge in [-0.15, -0.1) is 0 Å². The molecule has 0 unspecified atom stereocenters. The quantitative estimate of drug-likeness (QED) is 0.612. The maximum Gasteiger partial charge on any atom is 0.0624 e. The third kappa shape index (κ3) is 1.29. The monoisotopic (exact) mass is 279 g/mol. The van der Waals surface area contributed by atoms with E-state index in [4.69, 9.17) is 11.6 Å². The van der Waals surface area contributed by atoms with Crippen LogP contribution in [-0.2, 0) is 0 Å². The number of hydrogen-bond acceptors (Lipinski definition) is 0. The number of fused-ring (bicyclic) bond motifs is 3. The maximum absolute atomic E-state index is 6.21. The average molecular weight is 281 g/mol. The number of aromatic amines is 1. The highest BCUT2D eigenvalue weighted by Gasteiger charge is 2.09. The van der Waals surface area contributed by atoms with Crippen molar-refractivity contribution < 1.29 is 0 Å². The van der Waals surface area contributed by atoms with E-state index in [9.17, 15) is 0 Å². The summed E-state index contributed by atoms with van der Waals surface area (Å²) in [6.45, 7) is 0. The van der Waals surface area contributed by atoms with Crippen molar-refractivity contribution in [1.29, 1.82) is 0 Å². The fourth-order valence-electron chi connectivity index (χ4n) is 1.88. The van der Waals surface area contributed by atoms with E-state index < -0.39 is 0 Å². The smallest absolute Gasteiger partial charge is 0.0624 e. The molecule has 0 fully saturated rings. The zero-order valence-corrected chi connectivity index (χ0v) is 10.1. The van der Waals surface area contributed by atoms with Gasteiger partial charge in [0, 0.05) is 20.8 Å². The number of benzene rings is 2. The van der Waals surface area contributed by atoms with Gasteiger partial charge in [-0.05, 0) is 34.1 Å². The number of H-pyrrole nitrogens is 1. The van der Waals surface area contributed by atoms with Crippen LogP contribution in [0.1, 0.15) is 0 Å². The summed E-state index contributed by atoms with van der Waals surface area (Å²) in [7, 11) is 0.